The molecule has 4 aromatic carbocycles. The van der Waals surface area contributed by atoms with Crippen molar-refractivity contribution in [3.63, 3.8) is 0 Å². The number of azo groups is 2. The number of benzene rings is 4. The van der Waals surface area contributed by atoms with E-state index >= 15 is 0 Å². The average Bonchev–Trinajstić information content (AvgIpc) is 4.18. The molecule has 0 spiro atoms. The maximum atomic E-state index is 4.63. The van der Waals surface area contributed by atoms with E-state index in [1.165, 1.54) is 0 Å². The quantitative estimate of drug-likeness (QED) is 0.0663. The molecule has 14 nitrogen and oxygen atoms in total. The highest BCUT2D eigenvalue weighted by molar-refractivity contribution is 5.64. The molecule has 9 aromatic rings. The van der Waals surface area contributed by atoms with Gasteiger partial charge in [0.2, 0.25) is 6.33 Å². The van der Waals surface area contributed by atoms with Crippen LogP contribution < -0.4 is 24.3 Å². The summed E-state index contributed by atoms with van der Waals surface area (Å²) in [6, 6.07) is 40.8. The molecular weight excluding hydrogens is 785 g/mol. The van der Waals surface area contributed by atoms with Gasteiger partial charge in [0.15, 0.2) is 0 Å². The first-order valence-corrected chi connectivity index (χ1v) is 21.2. The summed E-state index contributed by atoms with van der Waals surface area (Å²) in [6.07, 6.45) is 24.7. The van der Waals surface area contributed by atoms with Gasteiger partial charge in [-0.25, -0.2) is 27.4 Å². The summed E-state index contributed by atoms with van der Waals surface area (Å²) in [5.74, 6) is 1.61. The van der Waals surface area contributed by atoms with E-state index in [9.17, 15) is 0 Å². The van der Waals surface area contributed by atoms with Crippen LogP contribution in [-0.4, -0.2) is 22.8 Å². The lowest BCUT2D eigenvalue weighted by molar-refractivity contribution is -0.697. The maximum absolute atomic E-state index is 4.63. The predicted molar refractivity (Wildman–Crippen MR) is 244 cm³/mol. The van der Waals surface area contributed by atoms with Crippen LogP contribution in [0.1, 0.15) is 12.8 Å². The Hall–Kier alpha value is -8.13. The van der Waals surface area contributed by atoms with Crippen LogP contribution in [0.4, 0.5) is 46.0 Å². The summed E-state index contributed by atoms with van der Waals surface area (Å²) < 4.78 is 17.0. The number of aryl methyl sites for hydroxylation is 6. The number of anilines is 4. The van der Waals surface area contributed by atoms with E-state index in [4.69, 9.17) is 0 Å². The Balaban J connectivity index is 0.716. The molecule has 14 heteroatoms. The molecule has 0 amide bonds. The van der Waals surface area contributed by atoms with E-state index in [0.717, 1.165) is 96.4 Å². The molecule has 314 valence electrons. The summed E-state index contributed by atoms with van der Waals surface area (Å²) in [5, 5.41) is 25.3. The number of hydrogen-bond donors (Lipinski definition) is 2. The van der Waals surface area contributed by atoms with Crippen LogP contribution in [0.2, 0.25) is 0 Å². The lowest BCUT2D eigenvalue weighted by atomic mass is 10.2. The second-order valence-electron chi connectivity index (χ2n) is 15.4. The fourth-order valence-electron chi connectivity index (χ4n) is 7.40. The van der Waals surface area contributed by atoms with Crippen LogP contribution in [0, 0.1) is 0 Å². The molecule has 9 rings (SSSR count). The third kappa shape index (κ3) is 10.3. The highest BCUT2D eigenvalue weighted by atomic mass is 15.3. The van der Waals surface area contributed by atoms with Gasteiger partial charge in [-0.05, 0) is 121 Å². The molecule has 0 aliphatic rings. The van der Waals surface area contributed by atoms with E-state index in [1.807, 2.05) is 133 Å². The van der Waals surface area contributed by atoms with E-state index < -0.39 is 0 Å². The smallest absolute Gasteiger partial charge is 0.356 e. The van der Waals surface area contributed by atoms with Crippen molar-refractivity contribution in [2.24, 2.45) is 34.6 Å². The molecule has 5 aromatic heterocycles. The van der Waals surface area contributed by atoms with Gasteiger partial charge in [-0.3, -0.25) is 0 Å². The van der Waals surface area contributed by atoms with Crippen molar-refractivity contribution in [2.75, 3.05) is 10.6 Å². The van der Waals surface area contributed by atoms with Gasteiger partial charge in [0.1, 0.15) is 23.8 Å². The molecule has 0 unspecified atom stereocenters. The fourth-order valence-corrected chi connectivity index (χ4v) is 7.40. The average molecular weight is 836 g/mol. The zero-order chi connectivity index (χ0) is 42.8. The third-order valence-electron chi connectivity index (χ3n) is 10.8. The maximum Gasteiger partial charge on any atom is 0.421 e. The van der Waals surface area contributed by atoms with Crippen LogP contribution >= 0.6 is 0 Å². The first kappa shape index (κ1) is 40.3. The van der Waals surface area contributed by atoms with Gasteiger partial charge in [0, 0.05) is 82.0 Å². The molecule has 0 fully saturated rings. The van der Waals surface area contributed by atoms with Crippen LogP contribution in [-0.2, 0) is 40.3 Å². The summed E-state index contributed by atoms with van der Waals surface area (Å²) in [6.45, 7) is 3.44. The summed E-state index contributed by atoms with van der Waals surface area (Å²) in [7, 11) is 4.00. The molecule has 0 atom stereocenters. The molecule has 0 aliphatic carbocycles. The number of imidazole rings is 3. The van der Waals surface area contributed by atoms with Crippen molar-refractivity contribution in [3.8, 4) is 11.4 Å². The van der Waals surface area contributed by atoms with Gasteiger partial charge in [-0.1, -0.05) is 10.2 Å². The number of nitrogens with zero attached hydrogens (tertiary/aromatic N) is 12. The zero-order valence-corrected chi connectivity index (χ0v) is 35.5. The molecule has 2 N–H and O–H groups in total. The minimum absolute atomic E-state index is 0.793. The van der Waals surface area contributed by atoms with Gasteiger partial charge in [0.05, 0.1) is 65.1 Å². The van der Waals surface area contributed by atoms with Gasteiger partial charge in [-0.2, -0.15) is 0 Å². The molecule has 0 aliphatic heterocycles. The summed E-state index contributed by atoms with van der Waals surface area (Å²) in [5.41, 5.74) is 7.86. The van der Waals surface area contributed by atoms with Crippen LogP contribution in [0.5, 0.6) is 0 Å². The topological polar surface area (TPSA) is 110 Å². The zero-order valence-electron chi connectivity index (χ0n) is 35.5. The Morgan fingerprint density at radius 2 is 0.873 bits per heavy atom. The normalized spacial score (nSPS) is 11.6. The Morgan fingerprint density at radius 1 is 0.444 bits per heavy atom. The summed E-state index contributed by atoms with van der Waals surface area (Å²) >= 11 is 0. The van der Waals surface area contributed by atoms with E-state index in [1.54, 1.807) is 0 Å². The lowest BCUT2D eigenvalue weighted by Gasteiger charge is -2.08. The van der Waals surface area contributed by atoms with E-state index in [-0.39, 0.29) is 0 Å². The van der Waals surface area contributed by atoms with Crippen LogP contribution in [0.3, 0.4) is 0 Å². The first-order chi connectivity index (χ1) is 31.0. The second kappa shape index (κ2) is 19.1. The Morgan fingerprint density at radius 3 is 1.33 bits per heavy atom. The molecule has 0 radical (unpaired) electrons. The molecule has 0 bridgehead atoms. The Kier molecular flexibility index (Phi) is 12.2. The minimum Gasteiger partial charge on any atom is -0.356 e. The van der Waals surface area contributed by atoms with Crippen molar-refractivity contribution >= 4 is 46.0 Å². The Labute approximate surface area is 366 Å². The SMILES string of the molecule is C[n+]1ccn(CCCn2cc[n+](CCCn3cc[n+](C)c3N=Nc3ccc(Nc4ccc(-n5cccc5)cc4)cc3)c2)c1N=Nc1ccc(Nc2ccc(-n3cccc3)cc2)cc1. The highest BCUT2D eigenvalue weighted by Gasteiger charge is 2.17. The van der Waals surface area contributed by atoms with Crippen molar-refractivity contribution in [3.05, 3.63) is 190 Å². The molecule has 0 saturated heterocycles. The first-order valence-electron chi connectivity index (χ1n) is 21.2. The molecular formula is C49H51N14+3. The van der Waals surface area contributed by atoms with Crippen molar-refractivity contribution in [1.29, 1.82) is 0 Å². The number of hydrogen-bond acceptors (Lipinski definition) is 6. The minimum atomic E-state index is 0.793. The number of aromatic nitrogens is 8. The number of nitrogens with one attached hydrogen (secondary N) is 2. The second-order valence-corrected chi connectivity index (χ2v) is 15.4. The number of rotatable bonds is 18. The van der Waals surface area contributed by atoms with E-state index in [2.05, 4.69) is 138 Å². The molecule has 0 saturated carbocycles. The Bertz CT molecular complexity index is 2680. The van der Waals surface area contributed by atoms with Gasteiger partial charge < -0.3 is 19.8 Å². The van der Waals surface area contributed by atoms with Gasteiger partial charge in [0.25, 0.3) is 0 Å². The lowest BCUT2D eigenvalue weighted by Crippen LogP contribution is -2.32. The largest absolute Gasteiger partial charge is 0.421 e. The fraction of sp³-hybridized carbons (Fsp3) is 0.163. The third-order valence-corrected chi connectivity index (χ3v) is 10.8. The van der Waals surface area contributed by atoms with Crippen LogP contribution in [0.15, 0.2) is 210 Å². The van der Waals surface area contributed by atoms with E-state index in [0.29, 0.717) is 0 Å². The van der Waals surface area contributed by atoms with Crippen molar-refractivity contribution < 1.29 is 13.7 Å². The predicted octanol–water partition coefficient (Wildman–Crippen LogP) is 10.1. The van der Waals surface area contributed by atoms with Crippen LogP contribution in [0.25, 0.3) is 11.4 Å². The molecule has 5 heterocycles. The molecule has 63 heavy (non-hydrogen) atoms. The van der Waals surface area contributed by atoms with Gasteiger partial charge in [-0.15, -0.1) is 0 Å². The van der Waals surface area contributed by atoms with Crippen molar-refractivity contribution in [1.82, 2.24) is 22.8 Å². The van der Waals surface area contributed by atoms with Gasteiger partial charge >= 0.3 is 11.9 Å². The van der Waals surface area contributed by atoms with Crippen molar-refractivity contribution in [2.45, 2.75) is 39.0 Å². The summed E-state index contributed by atoms with van der Waals surface area (Å²) in [4.78, 5) is 0. The highest BCUT2D eigenvalue weighted by Crippen LogP contribution is 2.25. The monoisotopic (exact) mass is 835 g/mol. The standard InChI is InChI=1S/C49H49N14/c1-56-33-37-62(48(56)54-52-44-13-9-40(10-14-44)50-42-17-21-46(22-18-42)60-27-3-4-28-60)31-7-25-58-35-36-59(39-58)26-8-32-63-38-34-57(2)49(63)55-53-45-15-11-41(12-16-45)51-43-19-23-47(24-20-43)61-29-5-6-30-61/h3-6,9-24,27-30,33-39H,7-8,25-26,31-32H2,1-2H3/q+1/p+2.